The number of carbonyl (C=O) groups excluding carboxylic acids is 2. The SMILES string of the molecule is CCn1ncc(NC(=O)c2ccc(Cn3nc(C(F)F)c(Cl)c3C(F)F)o2)c1C(=O)N(C)C. The number of halogens is 5. The van der Waals surface area contributed by atoms with Gasteiger partial charge in [0.05, 0.1) is 23.5 Å². The Morgan fingerprint density at radius 1 is 1.18 bits per heavy atom. The van der Waals surface area contributed by atoms with Gasteiger partial charge >= 0.3 is 0 Å². The molecule has 3 heterocycles. The molecule has 178 valence electrons. The molecule has 0 radical (unpaired) electrons. The predicted octanol–water partition coefficient (Wildman–Crippen LogP) is 4.22. The number of alkyl halides is 4. The number of carbonyl (C=O) groups is 2. The van der Waals surface area contributed by atoms with Gasteiger partial charge in [-0.1, -0.05) is 11.6 Å². The van der Waals surface area contributed by atoms with Crippen LogP contribution in [-0.4, -0.2) is 50.4 Å². The van der Waals surface area contributed by atoms with Gasteiger partial charge in [0.25, 0.3) is 24.7 Å². The lowest BCUT2D eigenvalue weighted by atomic mass is 10.3. The minimum Gasteiger partial charge on any atom is -0.454 e. The molecule has 14 heteroatoms. The van der Waals surface area contributed by atoms with Gasteiger partial charge in [0.2, 0.25) is 0 Å². The Hall–Kier alpha value is -3.35. The number of aryl methyl sites for hydroxylation is 1. The number of rotatable bonds is 8. The second-order valence-electron chi connectivity index (χ2n) is 6.99. The molecule has 0 bridgehead atoms. The van der Waals surface area contributed by atoms with E-state index in [1.165, 1.54) is 27.9 Å². The van der Waals surface area contributed by atoms with E-state index in [1.807, 2.05) is 0 Å². The maximum atomic E-state index is 13.3. The van der Waals surface area contributed by atoms with E-state index in [2.05, 4.69) is 15.5 Å². The molecule has 1 N–H and O–H groups in total. The van der Waals surface area contributed by atoms with Crippen molar-refractivity contribution >= 4 is 29.1 Å². The highest BCUT2D eigenvalue weighted by atomic mass is 35.5. The molecule has 2 amide bonds. The van der Waals surface area contributed by atoms with Crippen molar-refractivity contribution in [1.82, 2.24) is 24.5 Å². The average Bonchev–Trinajstić information content (AvgIpc) is 3.44. The van der Waals surface area contributed by atoms with Crippen LogP contribution in [0.1, 0.15) is 58.0 Å². The summed E-state index contributed by atoms with van der Waals surface area (Å²) in [5.74, 6) is -1.32. The third-order valence-electron chi connectivity index (χ3n) is 4.56. The van der Waals surface area contributed by atoms with Crippen molar-refractivity contribution in [3.8, 4) is 0 Å². The van der Waals surface area contributed by atoms with Crippen molar-refractivity contribution in [2.75, 3.05) is 19.4 Å². The number of hydrogen-bond donors (Lipinski definition) is 1. The first-order valence-electron chi connectivity index (χ1n) is 9.55. The Bertz CT molecular complexity index is 1170. The lowest BCUT2D eigenvalue weighted by Gasteiger charge is -2.13. The van der Waals surface area contributed by atoms with Gasteiger partial charge in [0.15, 0.2) is 5.76 Å². The number of nitrogens with one attached hydrogen (secondary N) is 1. The molecule has 0 saturated carbocycles. The van der Waals surface area contributed by atoms with Gasteiger partial charge < -0.3 is 14.6 Å². The lowest BCUT2D eigenvalue weighted by molar-refractivity contribution is 0.0816. The van der Waals surface area contributed by atoms with Crippen LogP contribution in [-0.2, 0) is 13.1 Å². The summed E-state index contributed by atoms with van der Waals surface area (Å²) in [6, 6.07) is 2.58. The van der Waals surface area contributed by atoms with Crippen LogP contribution in [0.3, 0.4) is 0 Å². The molecule has 0 atom stereocenters. The summed E-state index contributed by atoms with van der Waals surface area (Å²) in [6.45, 7) is 1.70. The molecule has 3 rings (SSSR count). The molecule has 0 aromatic carbocycles. The Labute approximate surface area is 189 Å². The quantitative estimate of drug-likeness (QED) is 0.477. The van der Waals surface area contributed by atoms with Crippen molar-refractivity contribution in [3.63, 3.8) is 0 Å². The molecule has 0 aliphatic carbocycles. The Morgan fingerprint density at radius 3 is 2.45 bits per heavy atom. The van der Waals surface area contributed by atoms with E-state index in [-0.39, 0.29) is 28.8 Å². The van der Waals surface area contributed by atoms with Gasteiger partial charge in [-0.25, -0.2) is 17.6 Å². The minimum absolute atomic E-state index is 0.00382. The molecule has 0 fully saturated rings. The number of aromatic nitrogens is 4. The molecular weight excluding hydrogens is 472 g/mol. The molecule has 0 saturated heterocycles. The molecule has 0 aliphatic rings. The van der Waals surface area contributed by atoms with Crippen LogP contribution in [0.4, 0.5) is 23.2 Å². The van der Waals surface area contributed by atoms with Gasteiger partial charge in [0, 0.05) is 20.6 Å². The maximum Gasteiger partial charge on any atom is 0.291 e. The van der Waals surface area contributed by atoms with Crippen LogP contribution >= 0.6 is 11.6 Å². The third kappa shape index (κ3) is 4.87. The summed E-state index contributed by atoms with van der Waals surface area (Å²) in [6.07, 6.45) is -4.98. The fourth-order valence-electron chi connectivity index (χ4n) is 3.01. The highest BCUT2D eigenvalue weighted by molar-refractivity contribution is 6.32. The summed E-state index contributed by atoms with van der Waals surface area (Å²) < 4.78 is 60.0. The van der Waals surface area contributed by atoms with Crippen molar-refractivity contribution in [2.45, 2.75) is 32.9 Å². The number of anilines is 1. The molecular formula is C19H19ClF4N6O3. The van der Waals surface area contributed by atoms with Crippen LogP contribution in [0.2, 0.25) is 5.02 Å². The zero-order valence-corrected chi connectivity index (χ0v) is 18.4. The molecule has 0 unspecified atom stereocenters. The van der Waals surface area contributed by atoms with Crippen molar-refractivity contribution < 1.29 is 31.6 Å². The van der Waals surface area contributed by atoms with Crippen LogP contribution < -0.4 is 5.32 Å². The van der Waals surface area contributed by atoms with Crippen molar-refractivity contribution in [1.29, 1.82) is 0 Å². The highest BCUT2D eigenvalue weighted by Gasteiger charge is 2.29. The van der Waals surface area contributed by atoms with Gasteiger partial charge in [-0.15, -0.1) is 0 Å². The first-order chi connectivity index (χ1) is 15.5. The van der Waals surface area contributed by atoms with Crippen LogP contribution in [0.15, 0.2) is 22.7 Å². The molecule has 0 spiro atoms. The maximum absolute atomic E-state index is 13.3. The lowest BCUT2D eigenvalue weighted by Crippen LogP contribution is -2.26. The van der Waals surface area contributed by atoms with E-state index in [4.69, 9.17) is 16.0 Å². The normalized spacial score (nSPS) is 11.5. The molecule has 33 heavy (non-hydrogen) atoms. The Kier molecular flexibility index (Phi) is 7.10. The number of hydrogen-bond acceptors (Lipinski definition) is 5. The summed E-state index contributed by atoms with van der Waals surface area (Å²) in [4.78, 5) is 26.4. The molecule has 0 aliphatic heterocycles. The Balaban J connectivity index is 1.83. The van der Waals surface area contributed by atoms with Gasteiger partial charge in [-0.05, 0) is 19.1 Å². The number of amides is 2. The van der Waals surface area contributed by atoms with Gasteiger partial charge in [-0.3, -0.25) is 19.0 Å². The number of nitrogens with zero attached hydrogens (tertiary/aromatic N) is 5. The highest BCUT2D eigenvalue weighted by Crippen LogP contribution is 2.35. The summed E-state index contributed by atoms with van der Waals surface area (Å²) in [7, 11) is 3.10. The number of furan rings is 1. The smallest absolute Gasteiger partial charge is 0.291 e. The zero-order chi connectivity index (χ0) is 24.4. The minimum atomic E-state index is -3.15. The third-order valence-corrected chi connectivity index (χ3v) is 4.94. The van der Waals surface area contributed by atoms with E-state index < -0.39 is 41.7 Å². The van der Waals surface area contributed by atoms with Crippen molar-refractivity contribution in [3.05, 3.63) is 52.0 Å². The first-order valence-corrected chi connectivity index (χ1v) is 9.92. The second-order valence-corrected chi connectivity index (χ2v) is 7.36. The van der Waals surface area contributed by atoms with Gasteiger partial charge in [-0.2, -0.15) is 10.2 Å². The second kappa shape index (κ2) is 9.65. The van der Waals surface area contributed by atoms with E-state index >= 15 is 0 Å². The largest absolute Gasteiger partial charge is 0.454 e. The van der Waals surface area contributed by atoms with Crippen LogP contribution in [0, 0.1) is 0 Å². The topological polar surface area (TPSA) is 98.2 Å². The molecule has 3 aromatic rings. The summed E-state index contributed by atoms with van der Waals surface area (Å²) >= 11 is 5.63. The molecule has 9 nitrogen and oxygen atoms in total. The van der Waals surface area contributed by atoms with Crippen LogP contribution in [0.5, 0.6) is 0 Å². The monoisotopic (exact) mass is 490 g/mol. The first kappa shape index (κ1) is 24.3. The van der Waals surface area contributed by atoms with Crippen molar-refractivity contribution in [2.24, 2.45) is 0 Å². The molecule has 3 aromatic heterocycles. The average molecular weight is 491 g/mol. The van der Waals surface area contributed by atoms with Gasteiger partial charge in [0.1, 0.15) is 22.8 Å². The van der Waals surface area contributed by atoms with E-state index in [9.17, 15) is 27.2 Å². The Morgan fingerprint density at radius 2 is 1.88 bits per heavy atom. The summed E-state index contributed by atoms with van der Waals surface area (Å²) in [5, 5.41) is 9.22. The summed E-state index contributed by atoms with van der Waals surface area (Å²) in [5.41, 5.74) is -1.54. The van der Waals surface area contributed by atoms with E-state index in [1.54, 1.807) is 21.0 Å². The standard InChI is InChI=1S/C19H19ClF4N6O3/c1-4-29-14(19(32)28(2)3)10(7-25-29)26-18(31)11-6-5-9(33-11)8-30-15(17(23)24)12(20)13(27-30)16(21)22/h5-7,16-17H,4,8H2,1-3H3,(H,26,31). The fraction of sp³-hybridized carbons (Fsp3) is 0.368. The predicted molar refractivity (Wildman–Crippen MR) is 109 cm³/mol. The fourth-order valence-corrected chi connectivity index (χ4v) is 3.31. The zero-order valence-electron chi connectivity index (χ0n) is 17.7. The van der Waals surface area contributed by atoms with E-state index in [0.717, 1.165) is 0 Å². The van der Waals surface area contributed by atoms with Crippen LogP contribution in [0.25, 0.3) is 0 Å². The van der Waals surface area contributed by atoms with E-state index in [0.29, 0.717) is 11.2 Å².